The Labute approximate surface area is 160 Å². The highest BCUT2D eigenvalue weighted by Gasteiger charge is 2.37. The zero-order valence-electron chi connectivity index (χ0n) is 14.6. The minimum atomic E-state index is -0.197. The van der Waals surface area contributed by atoms with Crippen LogP contribution in [0.4, 0.5) is 0 Å². The van der Waals surface area contributed by atoms with Crippen molar-refractivity contribution in [2.24, 2.45) is 11.8 Å². The van der Waals surface area contributed by atoms with Gasteiger partial charge in [-0.2, -0.15) is 0 Å². The molecule has 1 saturated heterocycles. The predicted octanol–water partition coefficient (Wildman–Crippen LogP) is 3.93. The number of benzene rings is 1. The first-order chi connectivity index (χ1) is 12.6. The highest BCUT2D eigenvalue weighted by molar-refractivity contribution is 9.10. The number of amides is 1. The van der Waals surface area contributed by atoms with E-state index >= 15 is 0 Å². The standard InChI is InChI=1S/C20H22BrNO4/c21-16-5-6-18-15(10-16)11-17(26-18)7-9-25-20(24)14-2-1-8-22(12-14)19(23)13-3-4-13/h5-6,10-11,13-14H,1-4,7-9,12H2/t14-/m1/s1. The van der Waals surface area contributed by atoms with Gasteiger partial charge in [-0.1, -0.05) is 15.9 Å². The summed E-state index contributed by atoms with van der Waals surface area (Å²) in [6, 6.07) is 7.84. The molecule has 1 aromatic heterocycles. The molecule has 5 nitrogen and oxygen atoms in total. The molecule has 0 bridgehead atoms. The van der Waals surface area contributed by atoms with Crippen LogP contribution in [0, 0.1) is 11.8 Å². The van der Waals surface area contributed by atoms with E-state index in [-0.39, 0.29) is 23.7 Å². The number of rotatable bonds is 5. The molecular weight excluding hydrogens is 398 g/mol. The number of fused-ring (bicyclic) bond motifs is 1. The van der Waals surface area contributed by atoms with E-state index in [1.54, 1.807) is 0 Å². The molecule has 6 heteroatoms. The van der Waals surface area contributed by atoms with Crippen LogP contribution in [0.2, 0.25) is 0 Å². The van der Waals surface area contributed by atoms with Gasteiger partial charge in [0.1, 0.15) is 11.3 Å². The van der Waals surface area contributed by atoms with E-state index in [0.29, 0.717) is 19.6 Å². The molecule has 0 spiro atoms. The Bertz CT molecular complexity index is 826. The number of nitrogens with zero attached hydrogens (tertiary/aromatic N) is 1. The van der Waals surface area contributed by atoms with Crippen molar-refractivity contribution < 1.29 is 18.7 Å². The van der Waals surface area contributed by atoms with E-state index < -0.39 is 0 Å². The summed E-state index contributed by atoms with van der Waals surface area (Å²) in [5.41, 5.74) is 0.830. The summed E-state index contributed by atoms with van der Waals surface area (Å²) in [4.78, 5) is 26.4. The molecule has 2 aliphatic rings. The Morgan fingerprint density at radius 1 is 1.19 bits per heavy atom. The molecule has 1 amide bonds. The van der Waals surface area contributed by atoms with Crippen molar-refractivity contribution >= 4 is 38.8 Å². The molecule has 2 heterocycles. The van der Waals surface area contributed by atoms with E-state index in [1.807, 2.05) is 29.2 Å². The number of hydrogen-bond donors (Lipinski definition) is 0. The number of likely N-dealkylation sites (tertiary alicyclic amines) is 1. The molecule has 2 fully saturated rings. The second-order valence-electron chi connectivity index (χ2n) is 7.21. The highest BCUT2D eigenvalue weighted by atomic mass is 79.9. The van der Waals surface area contributed by atoms with Gasteiger partial charge in [-0.15, -0.1) is 0 Å². The zero-order valence-corrected chi connectivity index (χ0v) is 16.2. The molecule has 1 aliphatic carbocycles. The topological polar surface area (TPSA) is 59.8 Å². The maximum absolute atomic E-state index is 12.4. The first-order valence-corrected chi connectivity index (χ1v) is 10.0. The number of halogens is 1. The Kier molecular flexibility index (Phi) is 5.02. The van der Waals surface area contributed by atoms with Crippen LogP contribution < -0.4 is 0 Å². The van der Waals surface area contributed by atoms with Gasteiger partial charge in [0.05, 0.1) is 12.5 Å². The molecule has 2 aromatic rings. The summed E-state index contributed by atoms with van der Waals surface area (Å²) in [7, 11) is 0. The molecule has 138 valence electrons. The fraction of sp³-hybridized carbons (Fsp3) is 0.500. The second kappa shape index (κ2) is 7.43. The molecule has 1 aliphatic heterocycles. The van der Waals surface area contributed by atoms with Crippen molar-refractivity contribution in [3.8, 4) is 0 Å². The third kappa shape index (κ3) is 3.95. The smallest absolute Gasteiger partial charge is 0.310 e. The van der Waals surface area contributed by atoms with Crippen LogP contribution >= 0.6 is 15.9 Å². The largest absolute Gasteiger partial charge is 0.465 e. The Morgan fingerprint density at radius 2 is 2.04 bits per heavy atom. The minimum Gasteiger partial charge on any atom is -0.465 e. The number of furan rings is 1. The Hall–Kier alpha value is -1.82. The number of hydrogen-bond acceptors (Lipinski definition) is 4. The third-order valence-electron chi connectivity index (χ3n) is 5.12. The zero-order chi connectivity index (χ0) is 18.1. The van der Waals surface area contributed by atoms with Crippen LogP contribution in [0.1, 0.15) is 31.4 Å². The van der Waals surface area contributed by atoms with Crippen molar-refractivity contribution in [1.29, 1.82) is 0 Å². The normalized spacial score (nSPS) is 20.3. The summed E-state index contributed by atoms with van der Waals surface area (Å²) in [6.45, 7) is 1.58. The van der Waals surface area contributed by atoms with E-state index in [9.17, 15) is 9.59 Å². The molecule has 4 rings (SSSR count). The van der Waals surface area contributed by atoms with E-state index in [1.165, 1.54) is 0 Å². The number of carbonyl (C=O) groups is 2. The van der Waals surface area contributed by atoms with Gasteiger partial charge in [0, 0.05) is 35.3 Å². The first-order valence-electron chi connectivity index (χ1n) is 9.23. The quantitative estimate of drug-likeness (QED) is 0.688. The number of esters is 1. The van der Waals surface area contributed by atoms with E-state index in [0.717, 1.165) is 53.4 Å². The summed E-state index contributed by atoms with van der Waals surface area (Å²) in [5.74, 6) is 0.837. The van der Waals surface area contributed by atoms with E-state index in [2.05, 4.69) is 15.9 Å². The number of piperidine rings is 1. The summed E-state index contributed by atoms with van der Waals surface area (Å²) < 4.78 is 12.2. The van der Waals surface area contributed by atoms with Crippen molar-refractivity contribution in [1.82, 2.24) is 4.90 Å². The van der Waals surface area contributed by atoms with E-state index in [4.69, 9.17) is 9.15 Å². The van der Waals surface area contributed by atoms with Gasteiger partial charge in [-0.05, 0) is 49.9 Å². The molecular formula is C20H22BrNO4. The summed E-state index contributed by atoms with van der Waals surface area (Å²) in [6.07, 6.45) is 4.22. The van der Waals surface area contributed by atoms with Crippen molar-refractivity contribution in [2.75, 3.05) is 19.7 Å². The van der Waals surface area contributed by atoms with Gasteiger partial charge in [-0.25, -0.2) is 0 Å². The van der Waals surface area contributed by atoms with Gasteiger partial charge in [0.2, 0.25) is 5.91 Å². The monoisotopic (exact) mass is 419 g/mol. The Morgan fingerprint density at radius 3 is 2.85 bits per heavy atom. The van der Waals surface area contributed by atoms with Crippen molar-refractivity contribution in [2.45, 2.75) is 32.1 Å². The highest BCUT2D eigenvalue weighted by Crippen LogP contribution is 2.32. The molecule has 0 N–H and O–H groups in total. The molecule has 1 atom stereocenters. The molecule has 0 unspecified atom stereocenters. The second-order valence-corrected chi connectivity index (χ2v) is 8.13. The van der Waals surface area contributed by atoms with Gasteiger partial charge >= 0.3 is 5.97 Å². The first kappa shape index (κ1) is 17.6. The summed E-state index contributed by atoms with van der Waals surface area (Å²) >= 11 is 3.45. The minimum absolute atomic E-state index is 0.196. The maximum Gasteiger partial charge on any atom is 0.310 e. The molecule has 1 saturated carbocycles. The number of carbonyl (C=O) groups excluding carboxylic acids is 2. The van der Waals surface area contributed by atoms with Gasteiger partial charge in [-0.3, -0.25) is 9.59 Å². The lowest BCUT2D eigenvalue weighted by atomic mass is 9.98. The Balaban J connectivity index is 1.28. The van der Waals surface area contributed by atoms with Crippen LogP contribution in [0.15, 0.2) is 33.2 Å². The SMILES string of the molecule is O=C(OCCc1cc2cc(Br)ccc2o1)[C@@H]1CCCN(C(=O)C2CC2)C1. The fourth-order valence-corrected chi connectivity index (χ4v) is 3.90. The van der Waals surface area contributed by atoms with Gasteiger partial charge in [0.15, 0.2) is 0 Å². The molecule has 0 radical (unpaired) electrons. The number of ether oxygens (including phenoxy) is 1. The lowest BCUT2D eigenvalue weighted by Gasteiger charge is -2.31. The average molecular weight is 420 g/mol. The maximum atomic E-state index is 12.4. The van der Waals surface area contributed by atoms with Crippen LogP contribution in [0.25, 0.3) is 11.0 Å². The molecule has 26 heavy (non-hydrogen) atoms. The van der Waals surface area contributed by atoms with Crippen LogP contribution in [-0.4, -0.2) is 36.5 Å². The van der Waals surface area contributed by atoms with Gasteiger partial charge < -0.3 is 14.1 Å². The lowest BCUT2D eigenvalue weighted by Crippen LogP contribution is -2.43. The lowest BCUT2D eigenvalue weighted by molar-refractivity contribution is -0.151. The van der Waals surface area contributed by atoms with Crippen LogP contribution in [0.3, 0.4) is 0 Å². The average Bonchev–Trinajstić information content (AvgIpc) is 3.41. The van der Waals surface area contributed by atoms with Crippen molar-refractivity contribution in [3.63, 3.8) is 0 Å². The molecule has 1 aromatic carbocycles. The van der Waals surface area contributed by atoms with Gasteiger partial charge in [0.25, 0.3) is 0 Å². The predicted molar refractivity (Wildman–Crippen MR) is 101 cm³/mol. The fourth-order valence-electron chi connectivity index (χ4n) is 3.52. The summed E-state index contributed by atoms with van der Waals surface area (Å²) in [5, 5.41) is 1.03. The van der Waals surface area contributed by atoms with Crippen molar-refractivity contribution in [3.05, 3.63) is 34.5 Å². The van der Waals surface area contributed by atoms with Crippen LogP contribution in [-0.2, 0) is 20.7 Å². The van der Waals surface area contributed by atoms with Crippen LogP contribution in [0.5, 0.6) is 0 Å². The third-order valence-corrected chi connectivity index (χ3v) is 5.61.